The fraction of sp³-hybridized carbons (Fsp3) is 0.533. The van der Waals surface area contributed by atoms with Crippen molar-refractivity contribution in [1.29, 1.82) is 5.26 Å². The number of piperidine rings is 1. The van der Waals surface area contributed by atoms with Gasteiger partial charge in [-0.2, -0.15) is 5.26 Å². The van der Waals surface area contributed by atoms with E-state index in [1.807, 2.05) is 18.2 Å². The Balaban J connectivity index is 1.65. The Morgan fingerprint density at radius 2 is 2.15 bits per heavy atom. The summed E-state index contributed by atoms with van der Waals surface area (Å²) in [7, 11) is 0. The minimum Gasteiger partial charge on any atom is -0.385 e. The van der Waals surface area contributed by atoms with Crippen LogP contribution in [0.1, 0.15) is 24.8 Å². The SMILES string of the molecule is N#Cc1cc(Br)cc(NCCCOC2CCNCC2)c1. The van der Waals surface area contributed by atoms with E-state index < -0.39 is 0 Å². The minimum absolute atomic E-state index is 0.423. The summed E-state index contributed by atoms with van der Waals surface area (Å²) in [6, 6.07) is 7.80. The van der Waals surface area contributed by atoms with Crippen LogP contribution in [0, 0.1) is 11.3 Å². The number of benzene rings is 1. The van der Waals surface area contributed by atoms with Gasteiger partial charge < -0.3 is 15.4 Å². The molecule has 1 aromatic carbocycles. The van der Waals surface area contributed by atoms with Crippen molar-refractivity contribution < 1.29 is 4.74 Å². The van der Waals surface area contributed by atoms with Crippen LogP contribution in [0.2, 0.25) is 0 Å². The fourth-order valence-corrected chi connectivity index (χ4v) is 2.77. The van der Waals surface area contributed by atoms with Gasteiger partial charge in [0.1, 0.15) is 0 Å². The third-order valence-electron chi connectivity index (χ3n) is 3.32. The van der Waals surface area contributed by atoms with Crippen LogP contribution in [0.3, 0.4) is 0 Å². The lowest BCUT2D eigenvalue weighted by molar-refractivity contribution is 0.0329. The molecule has 0 spiro atoms. The number of nitrogens with one attached hydrogen (secondary N) is 2. The first kappa shape index (κ1) is 15.3. The van der Waals surface area contributed by atoms with E-state index >= 15 is 0 Å². The molecule has 20 heavy (non-hydrogen) atoms. The topological polar surface area (TPSA) is 57.1 Å². The van der Waals surface area contributed by atoms with Gasteiger partial charge in [0.15, 0.2) is 0 Å². The number of hydrogen-bond acceptors (Lipinski definition) is 4. The molecule has 1 heterocycles. The van der Waals surface area contributed by atoms with Crippen molar-refractivity contribution in [3.63, 3.8) is 0 Å². The average Bonchev–Trinajstić information content (AvgIpc) is 2.47. The highest BCUT2D eigenvalue weighted by Gasteiger charge is 2.12. The van der Waals surface area contributed by atoms with Crippen LogP contribution >= 0.6 is 15.9 Å². The first-order valence-electron chi connectivity index (χ1n) is 7.05. The van der Waals surface area contributed by atoms with Crippen LogP contribution in [-0.4, -0.2) is 32.3 Å². The Morgan fingerprint density at radius 1 is 1.35 bits per heavy atom. The second-order valence-corrected chi connectivity index (χ2v) is 5.86. The van der Waals surface area contributed by atoms with E-state index in [0.717, 1.165) is 55.7 Å². The van der Waals surface area contributed by atoms with Gasteiger partial charge in [-0.1, -0.05) is 15.9 Å². The van der Waals surface area contributed by atoms with Crippen molar-refractivity contribution in [1.82, 2.24) is 5.32 Å². The van der Waals surface area contributed by atoms with E-state index in [4.69, 9.17) is 10.00 Å². The summed E-state index contributed by atoms with van der Waals surface area (Å²) in [6.45, 7) is 3.78. The predicted octanol–water partition coefficient (Wildman–Crippen LogP) is 2.89. The summed E-state index contributed by atoms with van der Waals surface area (Å²) in [6.07, 6.45) is 3.63. The molecule has 0 bridgehead atoms. The number of anilines is 1. The van der Waals surface area contributed by atoms with Crippen molar-refractivity contribution in [3.8, 4) is 6.07 Å². The van der Waals surface area contributed by atoms with E-state index in [0.29, 0.717) is 11.7 Å². The average molecular weight is 338 g/mol. The molecule has 108 valence electrons. The van der Waals surface area contributed by atoms with E-state index in [-0.39, 0.29) is 0 Å². The molecular formula is C15H20BrN3O. The van der Waals surface area contributed by atoms with Crippen LogP contribution in [0.15, 0.2) is 22.7 Å². The number of nitrogens with zero attached hydrogens (tertiary/aromatic N) is 1. The zero-order chi connectivity index (χ0) is 14.2. The maximum absolute atomic E-state index is 8.92. The zero-order valence-electron chi connectivity index (χ0n) is 11.5. The Kier molecular flexibility index (Phi) is 6.31. The highest BCUT2D eigenvalue weighted by atomic mass is 79.9. The van der Waals surface area contributed by atoms with Gasteiger partial charge in [0.2, 0.25) is 0 Å². The third-order valence-corrected chi connectivity index (χ3v) is 3.77. The normalized spacial score (nSPS) is 15.8. The Bertz CT molecular complexity index is 467. The Hall–Kier alpha value is -1.09. The largest absolute Gasteiger partial charge is 0.385 e. The zero-order valence-corrected chi connectivity index (χ0v) is 13.1. The van der Waals surface area contributed by atoms with Crippen LogP contribution in [-0.2, 0) is 4.74 Å². The van der Waals surface area contributed by atoms with Gasteiger partial charge in [0.25, 0.3) is 0 Å². The molecule has 0 amide bonds. The van der Waals surface area contributed by atoms with Crippen LogP contribution < -0.4 is 10.6 Å². The maximum atomic E-state index is 8.92. The predicted molar refractivity (Wildman–Crippen MR) is 83.8 cm³/mol. The summed E-state index contributed by atoms with van der Waals surface area (Å²) in [5.41, 5.74) is 1.63. The molecule has 5 heteroatoms. The maximum Gasteiger partial charge on any atom is 0.0992 e. The highest BCUT2D eigenvalue weighted by molar-refractivity contribution is 9.10. The molecule has 2 N–H and O–H groups in total. The summed E-state index contributed by atoms with van der Waals surface area (Å²) < 4.78 is 6.77. The number of hydrogen-bond donors (Lipinski definition) is 2. The lowest BCUT2D eigenvalue weighted by Crippen LogP contribution is -2.32. The Morgan fingerprint density at radius 3 is 2.90 bits per heavy atom. The molecule has 1 aliphatic heterocycles. The summed E-state index contributed by atoms with van der Waals surface area (Å²) in [4.78, 5) is 0. The first-order chi connectivity index (χ1) is 9.78. The van der Waals surface area contributed by atoms with Crippen LogP contribution in [0.4, 0.5) is 5.69 Å². The summed E-state index contributed by atoms with van der Waals surface area (Å²) in [5.74, 6) is 0. The van der Waals surface area contributed by atoms with Gasteiger partial charge in [-0.15, -0.1) is 0 Å². The van der Waals surface area contributed by atoms with E-state index in [1.165, 1.54) is 0 Å². The highest BCUT2D eigenvalue weighted by Crippen LogP contribution is 2.19. The molecule has 0 unspecified atom stereocenters. The van der Waals surface area contributed by atoms with E-state index in [9.17, 15) is 0 Å². The van der Waals surface area contributed by atoms with E-state index in [2.05, 4.69) is 32.6 Å². The fourth-order valence-electron chi connectivity index (χ4n) is 2.27. The minimum atomic E-state index is 0.423. The Labute approximate surface area is 128 Å². The molecule has 0 aromatic heterocycles. The number of ether oxygens (including phenoxy) is 1. The second kappa shape index (κ2) is 8.25. The van der Waals surface area contributed by atoms with E-state index in [1.54, 1.807) is 0 Å². The van der Waals surface area contributed by atoms with Crippen molar-refractivity contribution >= 4 is 21.6 Å². The molecular weight excluding hydrogens is 318 g/mol. The van der Waals surface area contributed by atoms with Crippen molar-refractivity contribution in [2.45, 2.75) is 25.4 Å². The first-order valence-corrected chi connectivity index (χ1v) is 7.84. The van der Waals surface area contributed by atoms with Crippen molar-refractivity contribution in [3.05, 3.63) is 28.2 Å². The van der Waals surface area contributed by atoms with Crippen LogP contribution in [0.5, 0.6) is 0 Å². The molecule has 0 aliphatic carbocycles. The molecule has 4 nitrogen and oxygen atoms in total. The third kappa shape index (κ3) is 5.12. The molecule has 1 aromatic rings. The van der Waals surface area contributed by atoms with Crippen molar-refractivity contribution in [2.75, 3.05) is 31.6 Å². The quantitative estimate of drug-likeness (QED) is 0.783. The molecule has 0 saturated carbocycles. The van der Waals surface area contributed by atoms with Gasteiger partial charge in [-0.25, -0.2) is 0 Å². The standard InChI is InChI=1S/C15H20BrN3O/c16-13-8-12(11-17)9-14(10-13)19-4-1-7-20-15-2-5-18-6-3-15/h8-10,15,18-19H,1-7H2. The number of nitriles is 1. The smallest absolute Gasteiger partial charge is 0.0992 e. The van der Waals surface area contributed by atoms with Gasteiger partial charge >= 0.3 is 0 Å². The second-order valence-electron chi connectivity index (χ2n) is 4.94. The summed E-state index contributed by atoms with van der Waals surface area (Å²) in [5, 5.41) is 15.6. The lowest BCUT2D eigenvalue weighted by Gasteiger charge is -2.22. The van der Waals surface area contributed by atoms with Gasteiger partial charge in [-0.05, 0) is 50.6 Å². The number of halogens is 1. The molecule has 1 aliphatic rings. The summed E-state index contributed by atoms with van der Waals surface area (Å²) >= 11 is 3.41. The molecule has 1 fully saturated rings. The monoisotopic (exact) mass is 337 g/mol. The molecule has 0 radical (unpaired) electrons. The molecule has 1 saturated heterocycles. The molecule has 2 rings (SSSR count). The number of rotatable bonds is 6. The van der Waals surface area contributed by atoms with Crippen molar-refractivity contribution in [2.24, 2.45) is 0 Å². The lowest BCUT2D eigenvalue weighted by atomic mass is 10.1. The van der Waals surface area contributed by atoms with Gasteiger partial charge in [0.05, 0.1) is 17.7 Å². The molecule has 0 atom stereocenters. The van der Waals surface area contributed by atoms with Gasteiger partial charge in [-0.3, -0.25) is 0 Å². The van der Waals surface area contributed by atoms with Gasteiger partial charge in [0, 0.05) is 23.3 Å². The van der Waals surface area contributed by atoms with Crippen LogP contribution in [0.25, 0.3) is 0 Å².